The van der Waals surface area contributed by atoms with Crippen LogP contribution < -0.4 is 0 Å². The fourth-order valence-electron chi connectivity index (χ4n) is 3.62. The monoisotopic (exact) mass is 494 g/mol. The number of phenols is 1. The summed E-state index contributed by atoms with van der Waals surface area (Å²) in [6, 6.07) is 16.3. The van der Waals surface area contributed by atoms with Crippen LogP contribution in [0.3, 0.4) is 0 Å². The maximum atomic E-state index is 9.88. The van der Waals surface area contributed by atoms with E-state index >= 15 is 0 Å². The molecule has 148 valence electrons. The molecule has 0 amide bonds. The van der Waals surface area contributed by atoms with E-state index in [0.29, 0.717) is 5.75 Å². The average Bonchev–Trinajstić information content (AvgIpc) is 2.68. The van der Waals surface area contributed by atoms with Gasteiger partial charge in [0, 0.05) is 0 Å². The second-order valence-electron chi connectivity index (χ2n) is 7.56. The molecule has 0 aromatic heterocycles. The highest BCUT2D eigenvalue weighted by molar-refractivity contribution is 14.1. The number of rotatable bonds is 13. The minimum Gasteiger partial charge on any atom is -0.508 e. The molecule has 0 aliphatic heterocycles. The van der Waals surface area contributed by atoms with Crippen LogP contribution >= 0.6 is 21.8 Å². The Bertz CT molecular complexity index is 654. The van der Waals surface area contributed by atoms with Crippen molar-refractivity contribution in [3.05, 3.63) is 53.6 Å². The highest BCUT2D eigenvalue weighted by Gasteiger charge is 2.07. The van der Waals surface area contributed by atoms with Crippen LogP contribution in [-0.4, -0.2) is 12.1 Å². The van der Waals surface area contributed by atoms with Crippen molar-refractivity contribution in [2.24, 2.45) is 0 Å². The van der Waals surface area contributed by atoms with Gasteiger partial charge in [-0.2, -0.15) is 0 Å². The standard InChI is InChI=1S/C24H35IOSi/c1-2-3-4-5-6-7-8-10-20-12-14-21(15-13-20)24-17-16-23(26)19-22(24)11-9-18-27-25/h12-17,19,26H,2-11,18,27H2,1H3. The van der Waals surface area contributed by atoms with Crippen molar-refractivity contribution < 1.29 is 5.11 Å². The fraction of sp³-hybridized carbons (Fsp3) is 0.500. The molecule has 1 nitrogen and oxygen atoms in total. The number of unbranched alkanes of at least 4 members (excludes halogenated alkanes) is 6. The van der Waals surface area contributed by atoms with Gasteiger partial charge in [-0.1, -0.05) is 88.2 Å². The normalized spacial score (nSPS) is 11.5. The van der Waals surface area contributed by atoms with E-state index in [0.717, 1.165) is 6.42 Å². The molecule has 1 N–H and O–H groups in total. The molecule has 0 unspecified atom stereocenters. The van der Waals surface area contributed by atoms with E-state index in [2.05, 4.69) is 59.1 Å². The van der Waals surface area contributed by atoms with Crippen LogP contribution in [0.1, 0.15) is 69.4 Å². The molecule has 0 heterocycles. The third-order valence-corrected chi connectivity index (χ3v) is 8.31. The molecule has 2 rings (SSSR count). The van der Waals surface area contributed by atoms with Crippen LogP contribution in [0.5, 0.6) is 5.75 Å². The highest BCUT2D eigenvalue weighted by Crippen LogP contribution is 2.29. The average molecular weight is 495 g/mol. The van der Waals surface area contributed by atoms with Crippen LogP contribution in [0.25, 0.3) is 11.1 Å². The first kappa shape index (κ1) is 22.5. The van der Waals surface area contributed by atoms with E-state index in [4.69, 9.17) is 0 Å². The van der Waals surface area contributed by atoms with Crippen LogP contribution in [0.2, 0.25) is 6.04 Å². The lowest BCUT2D eigenvalue weighted by Crippen LogP contribution is -1.92. The maximum absolute atomic E-state index is 9.88. The summed E-state index contributed by atoms with van der Waals surface area (Å²) in [7, 11) is 0.0984. The number of aryl methyl sites for hydroxylation is 2. The Morgan fingerprint density at radius 1 is 0.815 bits per heavy atom. The molecule has 0 aliphatic rings. The van der Waals surface area contributed by atoms with Gasteiger partial charge in [-0.05, 0) is 53.6 Å². The molecule has 0 radical (unpaired) electrons. The molecule has 2 aromatic rings. The van der Waals surface area contributed by atoms with Crippen LogP contribution in [0, 0.1) is 0 Å². The molecule has 3 heteroatoms. The molecule has 0 saturated carbocycles. The molecule has 0 spiro atoms. The van der Waals surface area contributed by atoms with Crippen LogP contribution in [0.4, 0.5) is 0 Å². The SMILES string of the molecule is CCCCCCCCCc1ccc(-c2ccc(O)cc2CCC[SiH2]I)cc1. The topological polar surface area (TPSA) is 20.2 Å². The van der Waals surface area contributed by atoms with E-state index in [9.17, 15) is 5.11 Å². The summed E-state index contributed by atoms with van der Waals surface area (Å²) in [6.07, 6.45) is 13.1. The number of aromatic hydroxyl groups is 1. The van der Waals surface area contributed by atoms with E-state index in [-0.39, 0.29) is 7.02 Å². The lowest BCUT2D eigenvalue weighted by Gasteiger charge is -2.11. The Labute approximate surface area is 181 Å². The minimum atomic E-state index is 0.0984. The van der Waals surface area contributed by atoms with E-state index < -0.39 is 0 Å². The Morgan fingerprint density at radius 2 is 1.52 bits per heavy atom. The Hall–Kier alpha value is -0.813. The Balaban J connectivity index is 1.89. The summed E-state index contributed by atoms with van der Waals surface area (Å²) in [5.41, 5.74) is 5.29. The van der Waals surface area contributed by atoms with Gasteiger partial charge in [0.2, 0.25) is 0 Å². The lowest BCUT2D eigenvalue weighted by molar-refractivity contribution is 0.474. The largest absolute Gasteiger partial charge is 0.508 e. The summed E-state index contributed by atoms with van der Waals surface area (Å²) < 4.78 is 0. The van der Waals surface area contributed by atoms with Gasteiger partial charge < -0.3 is 5.11 Å². The van der Waals surface area contributed by atoms with Crippen molar-refractivity contribution >= 4 is 28.8 Å². The highest BCUT2D eigenvalue weighted by atomic mass is 127. The van der Waals surface area contributed by atoms with Crippen molar-refractivity contribution in [2.75, 3.05) is 0 Å². The molecular formula is C24H35IOSi. The molecule has 0 atom stereocenters. The maximum Gasteiger partial charge on any atom is 0.115 e. The summed E-state index contributed by atoms with van der Waals surface area (Å²) in [4.78, 5) is 0. The summed E-state index contributed by atoms with van der Waals surface area (Å²) in [5, 5.41) is 9.88. The second kappa shape index (κ2) is 13.4. The van der Waals surface area contributed by atoms with Gasteiger partial charge in [-0.15, -0.1) is 21.8 Å². The Kier molecular flexibility index (Phi) is 11.1. The van der Waals surface area contributed by atoms with Crippen molar-refractivity contribution in [3.8, 4) is 16.9 Å². The summed E-state index contributed by atoms with van der Waals surface area (Å²) in [6.45, 7) is 2.28. The quantitative estimate of drug-likeness (QED) is 0.135. The van der Waals surface area contributed by atoms with Gasteiger partial charge in [0.25, 0.3) is 0 Å². The first-order chi connectivity index (χ1) is 13.2. The fourth-order valence-corrected chi connectivity index (χ4v) is 5.67. The predicted octanol–water partition coefficient (Wildman–Crippen LogP) is 7.22. The zero-order chi connectivity index (χ0) is 19.3. The summed E-state index contributed by atoms with van der Waals surface area (Å²) >= 11 is 2.57. The van der Waals surface area contributed by atoms with E-state index in [1.54, 1.807) is 0 Å². The zero-order valence-corrected chi connectivity index (χ0v) is 20.4. The smallest absolute Gasteiger partial charge is 0.115 e. The number of hydrogen-bond donors (Lipinski definition) is 1. The summed E-state index contributed by atoms with van der Waals surface area (Å²) in [5.74, 6) is 0.385. The third kappa shape index (κ3) is 8.38. The predicted molar refractivity (Wildman–Crippen MR) is 131 cm³/mol. The van der Waals surface area contributed by atoms with Crippen molar-refractivity contribution in [1.82, 2.24) is 0 Å². The molecule has 0 saturated heterocycles. The minimum absolute atomic E-state index is 0.0984. The molecule has 0 aliphatic carbocycles. The Morgan fingerprint density at radius 3 is 2.22 bits per heavy atom. The third-order valence-electron chi connectivity index (χ3n) is 5.25. The van der Waals surface area contributed by atoms with Gasteiger partial charge in [-0.25, -0.2) is 0 Å². The van der Waals surface area contributed by atoms with Crippen molar-refractivity contribution in [2.45, 2.75) is 77.2 Å². The number of benzene rings is 2. The molecule has 0 fully saturated rings. The first-order valence-electron chi connectivity index (χ1n) is 10.7. The molecule has 2 aromatic carbocycles. The number of phenolic OH excluding ortho intramolecular Hbond substituents is 1. The van der Waals surface area contributed by atoms with E-state index in [1.165, 1.54) is 86.1 Å². The molecule has 0 bridgehead atoms. The first-order valence-corrected chi connectivity index (χ1v) is 16.8. The van der Waals surface area contributed by atoms with Gasteiger partial charge in [0.15, 0.2) is 0 Å². The second-order valence-corrected chi connectivity index (χ2v) is 11.9. The number of hydrogen-bond acceptors (Lipinski definition) is 1. The molecule has 27 heavy (non-hydrogen) atoms. The van der Waals surface area contributed by atoms with Crippen LogP contribution in [0.15, 0.2) is 42.5 Å². The zero-order valence-electron chi connectivity index (χ0n) is 16.9. The number of halogens is 1. The van der Waals surface area contributed by atoms with E-state index in [1.807, 2.05) is 12.1 Å². The van der Waals surface area contributed by atoms with Crippen molar-refractivity contribution in [3.63, 3.8) is 0 Å². The lowest BCUT2D eigenvalue weighted by atomic mass is 9.95. The van der Waals surface area contributed by atoms with Crippen LogP contribution in [-0.2, 0) is 12.8 Å². The van der Waals surface area contributed by atoms with Gasteiger partial charge in [0.05, 0.1) is 7.02 Å². The molecular weight excluding hydrogens is 459 g/mol. The van der Waals surface area contributed by atoms with Crippen molar-refractivity contribution in [1.29, 1.82) is 0 Å². The van der Waals surface area contributed by atoms with Gasteiger partial charge in [-0.3, -0.25) is 0 Å². The van der Waals surface area contributed by atoms with Gasteiger partial charge in [0.1, 0.15) is 5.75 Å². The van der Waals surface area contributed by atoms with Gasteiger partial charge >= 0.3 is 0 Å².